The van der Waals surface area contributed by atoms with Gasteiger partial charge in [0.15, 0.2) is 15.9 Å². The molecule has 3 rings (SSSR count). The molecule has 48 heavy (non-hydrogen) atoms. The Kier molecular flexibility index (Phi) is 12.4. The number of rotatable bonds is 13. The maximum atomic E-state index is 15.0. The fraction of sp³-hybridized carbons (Fsp3) is 0.500. The normalized spacial score (nSPS) is 19.0. The van der Waals surface area contributed by atoms with E-state index in [4.69, 9.17) is 16.3 Å². The Hall–Kier alpha value is -3.54. The van der Waals surface area contributed by atoms with E-state index in [1.54, 1.807) is 5.32 Å². The fourth-order valence-electron chi connectivity index (χ4n) is 5.15. The maximum absolute atomic E-state index is 15.0. The van der Waals surface area contributed by atoms with Gasteiger partial charge < -0.3 is 30.5 Å². The van der Waals surface area contributed by atoms with Crippen molar-refractivity contribution in [2.45, 2.75) is 67.6 Å². The Morgan fingerprint density at radius 1 is 1.06 bits per heavy atom. The lowest BCUT2D eigenvalue weighted by atomic mass is 9.97. The third-order valence-corrected chi connectivity index (χ3v) is 10.2. The summed E-state index contributed by atoms with van der Waals surface area (Å²) in [4.78, 5) is 40.3. The summed E-state index contributed by atoms with van der Waals surface area (Å²) < 4.78 is 102. The molecule has 18 heteroatoms. The van der Waals surface area contributed by atoms with Crippen LogP contribution in [0.5, 0.6) is 5.75 Å². The van der Waals surface area contributed by atoms with E-state index in [2.05, 4.69) is 0 Å². The second-order valence-electron chi connectivity index (χ2n) is 11.6. The number of hydrogen-bond donors (Lipinski definition) is 4. The van der Waals surface area contributed by atoms with Gasteiger partial charge in [-0.3, -0.25) is 14.4 Å². The predicted molar refractivity (Wildman–Crippen MR) is 163 cm³/mol. The van der Waals surface area contributed by atoms with Gasteiger partial charge in [0.05, 0.1) is 30.8 Å². The number of likely N-dealkylation sites (tertiary alicyclic amines) is 1. The van der Waals surface area contributed by atoms with E-state index >= 15 is 0 Å². The van der Waals surface area contributed by atoms with Gasteiger partial charge in [-0.2, -0.15) is 22.0 Å². The molecule has 1 heterocycles. The highest BCUT2D eigenvalue weighted by molar-refractivity contribution is 7.91. The Morgan fingerprint density at radius 2 is 1.69 bits per heavy atom. The lowest BCUT2D eigenvalue weighted by molar-refractivity contribution is -0.215. The van der Waals surface area contributed by atoms with Crippen LogP contribution in [0.1, 0.15) is 31.4 Å². The van der Waals surface area contributed by atoms with Crippen LogP contribution >= 0.6 is 11.6 Å². The van der Waals surface area contributed by atoms with Crippen molar-refractivity contribution in [2.24, 2.45) is 5.92 Å². The van der Waals surface area contributed by atoms with Crippen molar-refractivity contribution in [1.29, 1.82) is 0 Å². The van der Waals surface area contributed by atoms with Crippen LogP contribution in [-0.4, -0.2) is 97.2 Å². The highest BCUT2D eigenvalue weighted by atomic mass is 35.5. The number of sulfone groups is 1. The molecule has 11 nitrogen and oxygen atoms in total. The third kappa shape index (κ3) is 9.12. The van der Waals surface area contributed by atoms with E-state index in [1.807, 2.05) is 5.32 Å². The van der Waals surface area contributed by atoms with Gasteiger partial charge in [-0.05, 0) is 42.2 Å². The van der Waals surface area contributed by atoms with E-state index in [9.17, 15) is 55.0 Å². The van der Waals surface area contributed by atoms with Crippen molar-refractivity contribution in [3.63, 3.8) is 0 Å². The summed E-state index contributed by atoms with van der Waals surface area (Å²) in [6.45, 7) is 0.542. The molecule has 1 aliphatic rings. The number of carbonyl (C=O) groups excluding carboxylic acids is 3. The van der Waals surface area contributed by atoms with Crippen LogP contribution in [0.3, 0.4) is 0 Å². The molecular formula is C30H35ClF5N3O8S. The van der Waals surface area contributed by atoms with Gasteiger partial charge in [-0.15, -0.1) is 0 Å². The number of ether oxygens (including phenoxy) is 1. The lowest BCUT2D eigenvalue weighted by Gasteiger charge is -2.32. The number of alkyl halides is 5. The van der Waals surface area contributed by atoms with E-state index in [1.165, 1.54) is 51.3 Å². The summed E-state index contributed by atoms with van der Waals surface area (Å²) in [6, 6.07) is 4.18. The van der Waals surface area contributed by atoms with Gasteiger partial charge in [0.25, 0.3) is 5.91 Å². The smallest absolute Gasteiger partial charge is 0.416 e. The summed E-state index contributed by atoms with van der Waals surface area (Å²) in [6.07, 6.45) is -8.81. The summed E-state index contributed by atoms with van der Waals surface area (Å²) in [5, 5.41) is 22.0. The molecular weight excluding hydrogens is 693 g/mol. The molecule has 0 radical (unpaired) electrons. The number of aliphatic hydroxyl groups is 2. The van der Waals surface area contributed by atoms with Crippen LogP contribution in [0.4, 0.5) is 22.0 Å². The van der Waals surface area contributed by atoms with Gasteiger partial charge in [-0.1, -0.05) is 49.7 Å². The number of hydrogen-bond acceptors (Lipinski definition) is 8. The predicted octanol–water partition coefficient (Wildman–Crippen LogP) is 2.57. The second-order valence-corrected chi connectivity index (χ2v) is 14.3. The number of amides is 3. The quantitative estimate of drug-likeness (QED) is 0.229. The molecule has 3 amide bonds. The first-order valence-electron chi connectivity index (χ1n) is 14.5. The zero-order chi connectivity index (χ0) is 36.2. The van der Waals surface area contributed by atoms with Crippen LogP contribution in [0, 0.1) is 5.92 Å². The van der Waals surface area contributed by atoms with E-state index < -0.39 is 106 Å². The average Bonchev–Trinajstić information content (AvgIpc) is 3.48. The molecule has 5 atom stereocenters. The number of aliphatic hydroxyl groups excluding tert-OH is 2. The first-order chi connectivity index (χ1) is 22.2. The minimum absolute atomic E-state index is 0.127. The second kappa shape index (κ2) is 15.3. The molecule has 1 saturated heterocycles. The minimum Gasteiger partial charge on any atom is -0.497 e. The first-order valence-corrected chi connectivity index (χ1v) is 16.6. The summed E-state index contributed by atoms with van der Waals surface area (Å²) in [5.41, 5.74) is -0.541. The molecule has 0 bridgehead atoms. The number of carbonyl (C=O) groups is 3. The van der Waals surface area contributed by atoms with Crippen molar-refractivity contribution in [2.75, 3.05) is 20.3 Å². The van der Waals surface area contributed by atoms with Gasteiger partial charge in [0, 0.05) is 17.1 Å². The molecule has 1 aliphatic heterocycles. The molecule has 2 aromatic carbocycles. The van der Waals surface area contributed by atoms with E-state index in [0.29, 0.717) is 16.2 Å². The number of nitrogens with one attached hydrogen (secondary N) is 2. The lowest BCUT2D eigenvalue weighted by Crippen LogP contribution is -2.59. The van der Waals surface area contributed by atoms with E-state index in [0.717, 1.165) is 18.2 Å². The van der Waals surface area contributed by atoms with Crippen LogP contribution in [0.2, 0.25) is 5.02 Å². The zero-order valence-electron chi connectivity index (χ0n) is 25.9. The van der Waals surface area contributed by atoms with Crippen molar-refractivity contribution in [3.8, 4) is 5.75 Å². The zero-order valence-corrected chi connectivity index (χ0v) is 27.5. The molecule has 2 aromatic rings. The summed E-state index contributed by atoms with van der Waals surface area (Å²) in [5.74, 6) is -10.1. The Balaban J connectivity index is 1.94. The number of halogens is 6. The molecule has 1 unspecified atom stereocenters. The highest BCUT2D eigenvalue weighted by Gasteiger charge is 2.50. The Labute approximate surface area is 278 Å². The maximum Gasteiger partial charge on any atom is 0.416 e. The molecule has 0 aliphatic carbocycles. The minimum atomic E-state index is -5.15. The highest BCUT2D eigenvalue weighted by Crippen LogP contribution is 2.32. The van der Waals surface area contributed by atoms with Crippen molar-refractivity contribution < 1.29 is 59.7 Å². The molecule has 0 aromatic heterocycles. The van der Waals surface area contributed by atoms with Crippen molar-refractivity contribution in [3.05, 3.63) is 64.7 Å². The van der Waals surface area contributed by atoms with Crippen molar-refractivity contribution in [1.82, 2.24) is 15.5 Å². The Morgan fingerprint density at radius 3 is 2.21 bits per heavy atom. The fourth-order valence-corrected chi connectivity index (χ4v) is 7.09. The third-order valence-electron chi connectivity index (χ3n) is 7.84. The molecule has 0 saturated carbocycles. The SMILES string of the molecule is COc1ccc(CS(=O)(=O)[C@@H]2C[C@@H](C(=O)N[C@@H](C(C)C)C(O)C(F)(F)F)N(C(=O)[C@H](CO)NC(=O)C(F)(F)c3cccc(Cl)c3)C2)cc1. The van der Waals surface area contributed by atoms with Crippen molar-refractivity contribution >= 4 is 39.2 Å². The van der Waals surface area contributed by atoms with Gasteiger partial charge in [0.2, 0.25) is 11.8 Å². The molecule has 4 N–H and O–H groups in total. The summed E-state index contributed by atoms with van der Waals surface area (Å²) >= 11 is 5.75. The van der Waals surface area contributed by atoms with Gasteiger partial charge in [-0.25, -0.2) is 8.42 Å². The first kappa shape index (κ1) is 38.9. The number of methoxy groups -OCH3 is 1. The topological polar surface area (TPSA) is 162 Å². The number of benzene rings is 2. The van der Waals surface area contributed by atoms with Gasteiger partial charge >= 0.3 is 12.1 Å². The van der Waals surface area contributed by atoms with Crippen LogP contribution in [0.25, 0.3) is 0 Å². The monoisotopic (exact) mass is 727 g/mol. The molecule has 0 spiro atoms. The van der Waals surface area contributed by atoms with Crippen LogP contribution in [0.15, 0.2) is 48.5 Å². The molecule has 266 valence electrons. The largest absolute Gasteiger partial charge is 0.497 e. The Bertz CT molecular complexity index is 1580. The summed E-state index contributed by atoms with van der Waals surface area (Å²) in [7, 11) is -2.79. The van der Waals surface area contributed by atoms with Gasteiger partial charge in [0.1, 0.15) is 17.8 Å². The van der Waals surface area contributed by atoms with E-state index in [-0.39, 0.29) is 5.02 Å². The van der Waals surface area contributed by atoms with Crippen LogP contribution < -0.4 is 15.4 Å². The molecule has 1 fully saturated rings. The van der Waals surface area contributed by atoms with Crippen LogP contribution in [-0.2, 0) is 35.9 Å². The number of nitrogens with zero attached hydrogens (tertiary/aromatic N) is 1. The standard InChI is InChI=1S/C30H35ClF5N3O8S/c1-16(2)24(25(41)30(34,35)36)38-26(42)23-12-21(48(45,46)15-17-7-9-20(47-3)10-8-17)13-39(23)27(43)22(14-40)37-28(44)29(32,33)18-5-4-6-19(31)11-18/h4-11,16,21-25,40-41H,12-15H2,1-3H3,(H,37,44)(H,38,42)/t21-,22+,23+,24+,25?/m1/s1. The average molecular weight is 728 g/mol.